The van der Waals surface area contributed by atoms with E-state index in [9.17, 15) is 14.4 Å². The van der Waals surface area contributed by atoms with Gasteiger partial charge in [-0.1, -0.05) is 54.6 Å². The van der Waals surface area contributed by atoms with Crippen molar-refractivity contribution < 1.29 is 19.1 Å². The first-order valence-corrected chi connectivity index (χ1v) is 10.6. The number of anilines is 1. The fourth-order valence-electron chi connectivity index (χ4n) is 4.05. The van der Waals surface area contributed by atoms with Crippen LogP contribution in [0.5, 0.6) is 0 Å². The van der Waals surface area contributed by atoms with Crippen LogP contribution in [0.2, 0.25) is 0 Å². The lowest BCUT2D eigenvalue weighted by atomic mass is 9.92. The molecule has 0 aromatic heterocycles. The maximum atomic E-state index is 13.0. The van der Waals surface area contributed by atoms with E-state index in [2.05, 4.69) is 16.7 Å². The Morgan fingerprint density at radius 1 is 0.848 bits per heavy atom. The topological polar surface area (TPSA) is 84.5 Å². The van der Waals surface area contributed by atoms with E-state index in [1.807, 2.05) is 48.5 Å². The van der Waals surface area contributed by atoms with Crippen LogP contribution >= 0.6 is 0 Å². The fraction of sp³-hybridized carbons (Fsp3) is 0.148. The van der Waals surface area contributed by atoms with Crippen molar-refractivity contribution in [1.82, 2.24) is 5.32 Å². The number of benzene rings is 4. The zero-order valence-electron chi connectivity index (χ0n) is 18.4. The largest absolute Gasteiger partial charge is 0.467 e. The molecule has 0 fully saturated rings. The second kappa shape index (κ2) is 9.53. The second-order valence-electron chi connectivity index (χ2n) is 7.81. The molecule has 166 valence electrons. The van der Waals surface area contributed by atoms with Crippen LogP contribution in [0.3, 0.4) is 0 Å². The molecule has 4 aromatic carbocycles. The van der Waals surface area contributed by atoms with Gasteiger partial charge in [-0.25, -0.2) is 4.79 Å². The van der Waals surface area contributed by atoms with Gasteiger partial charge in [0.05, 0.1) is 7.11 Å². The Balaban J connectivity index is 1.70. The minimum Gasteiger partial charge on any atom is -0.467 e. The van der Waals surface area contributed by atoms with Gasteiger partial charge >= 0.3 is 5.97 Å². The molecule has 4 aromatic rings. The summed E-state index contributed by atoms with van der Waals surface area (Å²) in [6.07, 6.45) is 0.270. The summed E-state index contributed by atoms with van der Waals surface area (Å²) in [7, 11) is 1.31. The van der Waals surface area contributed by atoms with Crippen molar-refractivity contribution in [1.29, 1.82) is 0 Å². The van der Waals surface area contributed by atoms with E-state index in [4.69, 9.17) is 4.74 Å². The van der Waals surface area contributed by atoms with Crippen molar-refractivity contribution >= 4 is 45.0 Å². The first-order chi connectivity index (χ1) is 16.0. The van der Waals surface area contributed by atoms with Crippen molar-refractivity contribution in [3.63, 3.8) is 0 Å². The molecule has 0 radical (unpaired) electrons. The second-order valence-corrected chi connectivity index (χ2v) is 7.81. The van der Waals surface area contributed by atoms with E-state index >= 15 is 0 Å². The Morgan fingerprint density at radius 3 is 2.09 bits per heavy atom. The molecule has 0 spiro atoms. The molecule has 33 heavy (non-hydrogen) atoms. The average Bonchev–Trinajstić information content (AvgIpc) is 2.82. The predicted octanol–water partition coefficient (Wildman–Crippen LogP) is 4.47. The summed E-state index contributed by atoms with van der Waals surface area (Å²) in [5, 5.41) is 9.63. The smallest absolute Gasteiger partial charge is 0.328 e. The van der Waals surface area contributed by atoms with Crippen molar-refractivity contribution in [2.45, 2.75) is 19.4 Å². The van der Waals surface area contributed by atoms with E-state index in [0.29, 0.717) is 11.3 Å². The molecule has 0 unspecified atom stereocenters. The molecule has 0 heterocycles. The van der Waals surface area contributed by atoms with Crippen LogP contribution in [-0.2, 0) is 20.7 Å². The predicted molar refractivity (Wildman–Crippen MR) is 129 cm³/mol. The molecular weight excluding hydrogens is 416 g/mol. The number of hydrogen-bond acceptors (Lipinski definition) is 4. The van der Waals surface area contributed by atoms with E-state index in [1.165, 1.54) is 14.0 Å². The van der Waals surface area contributed by atoms with Gasteiger partial charge in [-0.15, -0.1) is 0 Å². The van der Waals surface area contributed by atoms with E-state index < -0.39 is 17.9 Å². The van der Waals surface area contributed by atoms with Crippen LogP contribution in [-0.4, -0.2) is 30.9 Å². The lowest BCUT2D eigenvalue weighted by Crippen LogP contribution is -2.43. The number of methoxy groups -OCH3 is 1. The van der Waals surface area contributed by atoms with E-state index in [1.54, 1.807) is 24.3 Å². The molecule has 0 aliphatic carbocycles. The van der Waals surface area contributed by atoms with Crippen molar-refractivity contribution in [2.75, 3.05) is 12.4 Å². The van der Waals surface area contributed by atoms with Gasteiger partial charge in [-0.3, -0.25) is 9.59 Å². The molecule has 0 saturated heterocycles. The number of nitrogens with one attached hydrogen (secondary N) is 2. The lowest BCUT2D eigenvalue weighted by Gasteiger charge is -2.19. The van der Waals surface area contributed by atoms with Crippen LogP contribution in [0.1, 0.15) is 22.8 Å². The van der Waals surface area contributed by atoms with Gasteiger partial charge < -0.3 is 15.4 Å². The molecule has 1 atom stereocenters. The summed E-state index contributed by atoms with van der Waals surface area (Å²) in [5.74, 6) is -1.19. The minimum absolute atomic E-state index is 0.233. The van der Waals surface area contributed by atoms with Gasteiger partial charge in [0.25, 0.3) is 5.91 Å². The molecule has 0 bridgehead atoms. The standard InChI is InChI=1S/C27H24N2O4/c1-17(30)28-21-11-7-10-20(15-21)26(31)29-25(27(32)33-2)16-24-22-12-5-3-8-18(22)14-19-9-4-6-13-23(19)24/h3-15,25H,16H2,1-2H3,(H,28,30)(H,29,31)/t25-/m1/s1. The molecule has 2 amide bonds. The monoisotopic (exact) mass is 440 g/mol. The molecule has 0 saturated carbocycles. The highest BCUT2D eigenvalue weighted by atomic mass is 16.5. The third-order valence-electron chi connectivity index (χ3n) is 5.53. The Labute approximate surface area is 191 Å². The highest BCUT2D eigenvalue weighted by Gasteiger charge is 2.24. The van der Waals surface area contributed by atoms with Crippen LogP contribution in [0.15, 0.2) is 78.9 Å². The maximum Gasteiger partial charge on any atom is 0.328 e. The summed E-state index contributed by atoms with van der Waals surface area (Å²) < 4.78 is 5.01. The van der Waals surface area contributed by atoms with Crippen LogP contribution in [0.4, 0.5) is 5.69 Å². The zero-order chi connectivity index (χ0) is 23.4. The number of carbonyl (C=O) groups is 3. The first kappa shape index (κ1) is 22.0. The van der Waals surface area contributed by atoms with Crippen molar-refractivity contribution in [3.05, 3.63) is 90.0 Å². The molecule has 6 nitrogen and oxygen atoms in total. The highest BCUT2D eigenvalue weighted by Crippen LogP contribution is 2.29. The minimum atomic E-state index is -0.888. The zero-order valence-corrected chi connectivity index (χ0v) is 18.4. The maximum absolute atomic E-state index is 13.0. The number of esters is 1. The highest BCUT2D eigenvalue weighted by molar-refractivity contribution is 6.03. The van der Waals surface area contributed by atoms with Gasteiger partial charge in [0.2, 0.25) is 5.91 Å². The molecule has 4 rings (SSSR count). The lowest BCUT2D eigenvalue weighted by molar-refractivity contribution is -0.142. The summed E-state index contributed by atoms with van der Waals surface area (Å²) in [4.78, 5) is 37.0. The fourth-order valence-corrected chi connectivity index (χ4v) is 4.05. The normalized spacial score (nSPS) is 11.7. The number of fused-ring (bicyclic) bond motifs is 2. The number of rotatable bonds is 6. The summed E-state index contributed by atoms with van der Waals surface area (Å²) in [6.45, 7) is 1.40. The average molecular weight is 440 g/mol. The van der Waals surface area contributed by atoms with Gasteiger partial charge in [0.1, 0.15) is 6.04 Å². The Kier molecular flexibility index (Phi) is 6.36. The summed E-state index contributed by atoms with van der Waals surface area (Å²) in [5.41, 5.74) is 1.80. The number of hydrogen-bond donors (Lipinski definition) is 2. The van der Waals surface area contributed by atoms with Gasteiger partial charge in [-0.05, 0) is 51.4 Å². The van der Waals surface area contributed by atoms with Gasteiger partial charge in [-0.2, -0.15) is 0 Å². The van der Waals surface area contributed by atoms with Crippen LogP contribution in [0, 0.1) is 0 Å². The SMILES string of the molecule is COC(=O)[C@@H](Cc1c2ccccc2cc2ccccc12)NC(=O)c1cccc(NC(C)=O)c1. The summed E-state index contributed by atoms with van der Waals surface area (Å²) in [6, 6.07) is 23.8. The molecule has 0 aliphatic rings. The Hall–Kier alpha value is -4.19. The van der Waals surface area contributed by atoms with Gasteiger partial charge in [0, 0.05) is 24.6 Å². The quantitative estimate of drug-likeness (QED) is 0.342. The summed E-state index contributed by atoms with van der Waals surface area (Å²) >= 11 is 0. The van der Waals surface area contributed by atoms with E-state index in [0.717, 1.165) is 27.1 Å². The van der Waals surface area contributed by atoms with Crippen molar-refractivity contribution in [3.8, 4) is 0 Å². The van der Waals surface area contributed by atoms with E-state index in [-0.39, 0.29) is 12.3 Å². The molecule has 6 heteroatoms. The number of amides is 2. The Morgan fingerprint density at radius 2 is 1.48 bits per heavy atom. The molecule has 0 aliphatic heterocycles. The number of carbonyl (C=O) groups excluding carboxylic acids is 3. The first-order valence-electron chi connectivity index (χ1n) is 10.6. The van der Waals surface area contributed by atoms with Crippen LogP contribution < -0.4 is 10.6 Å². The Bertz CT molecular complexity index is 1310. The molecule has 2 N–H and O–H groups in total. The van der Waals surface area contributed by atoms with Gasteiger partial charge in [0.15, 0.2) is 0 Å². The third kappa shape index (κ3) is 4.85. The number of ether oxygens (including phenoxy) is 1. The third-order valence-corrected chi connectivity index (χ3v) is 5.53. The molecular formula is C27H24N2O4. The van der Waals surface area contributed by atoms with Crippen LogP contribution in [0.25, 0.3) is 21.5 Å². The van der Waals surface area contributed by atoms with Crippen molar-refractivity contribution in [2.24, 2.45) is 0 Å².